The SMILES string of the molecule is CN(c1ccc(C(=O)Nc2ccc(S(=O)(=O)Nc3ccccn3)cc2)cc1)S(C)(=O)=O. The Morgan fingerprint density at radius 3 is 2.10 bits per heavy atom. The Balaban J connectivity index is 1.69. The number of aromatic nitrogens is 1. The molecule has 0 aliphatic heterocycles. The highest BCUT2D eigenvalue weighted by Gasteiger charge is 2.16. The van der Waals surface area contributed by atoms with Gasteiger partial charge in [0.2, 0.25) is 10.0 Å². The largest absolute Gasteiger partial charge is 0.322 e. The predicted molar refractivity (Wildman–Crippen MR) is 119 cm³/mol. The molecule has 0 bridgehead atoms. The molecule has 0 radical (unpaired) electrons. The van der Waals surface area contributed by atoms with Gasteiger partial charge in [-0.05, 0) is 60.7 Å². The van der Waals surface area contributed by atoms with Crippen LogP contribution in [0.2, 0.25) is 0 Å². The van der Waals surface area contributed by atoms with Gasteiger partial charge in [0.05, 0.1) is 16.8 Å². The van der Waals surface area contributed by atoms with Crippen molar-refractivity contribution in [2.45, 2.75) is 4.90 Å². The van der Waals surface area contributed by atoms with Crippen LogP contribution in [0.5, 0.6) is 0 Å². The molecule has 3 aromatic rings. The Kier molecular flexibility index (Phi) is 6.27. The Morgan fingerprint density at radius 2 is 1.55 bits per heavy atom. The second-order valence-corrected chi connectivity index (χ2v) is 10.3. The fourth-order valence-corrected chi connectivity index (χ4v) is 4.07. The smallest absolute Gasteiger partial charge is 0.263 e. The molecule has 3 rings (SSSR count). The lowest BCUT2D eigenvalue weighted by atomic mass is 10.2. The summed E-state index contributed by atoms with van der Waals surface area (Å²) in [5.41, 5.74) is 1.15. The van der Waals surface area contributed by atoms with Crippen molar-refractivity contribution < 1.29 is 21.6 Å². The fourth-order valence-electron chi connectivity index (χ4n) is 2.55. The molecule has 9 nitrogen and oxygen atoms in total. The molecule has 0 spiro atoms. The maximum atomic E-state index is 12.4. The van der Waals surface area contributed by atoms with Crippen LogP contribution in [0.3, 0.4) is 0 Å². The van der Waals surface area contributed by atoms with E-state index in [0.717, 1.165) is 10.6 Å². The predicted octanol–water partition coefficient (Wildman–Crippen LogP) is 2.53. The van der Waals surface area contributed by atoms with Crippen LogP contribution in [0, 0.1) is 0 Å². The lowest BCUT2D eigenvalue weighted by molar-refractivity contribution is 0.102. The van der Waals surface area contributed by atoms with Gasteiger partial charge >= 0.3 is 0 Å². The molecule has 0 saturated carbocycles. The van der Waals surface area contributed by atoms with Crippen molar-refractivity contribution >= 4 is 43.1 Å². The number of rotatable bonds is 7. The van der Waals surface area contributed by atoms with Gasteiger partial charge in [0.1, 0.15) is 5.82 Å². The van der Waals surface area contributed by atoms with E-state index in [1.807, 2.05) is 0 Å². The number of sulfonamides is 2. The molecule has 1 amide bonds. The van der Waals surface area contributed by atoms with Gasteiger partial charge in [0, 0.05) is 24.5 Å². The molecule has 1 aromatic heterocycles. The van der Waals surface area contributed by atoms with Crippen molar-refractivity contribution in [1.29, 1.82) is 0 Å². The van der Waals surface area contributed by atoms with Crippen LogP contribution in [-0.2, 0) is 20.0 Å². The molecular weight excluding hydrogens is 440 g/mol. The zero-order valence-corrected chi connectivity index (χ0v) is 18.3. The minimum Gasteiger partial charge on any atom is -0.322 e. The van der Waals surface area contributed by atoms with Gasteiger partial charge < -0.3 is 5.32 Å². The minimum absolute atomic E-state index is 0.0179. The Labute approximate surface area is 180 Å². The summed E-state index contributed by atoms with van der Waals surface area (Å²) < 4.78 is 51.5. The molecule has 0 atom stereocenters. The van der Waals surface area contributed by atoms with Gasteiger partial charge in [-0.2, -0.15) is 0 Å². The summed E-state index contributed by atoms with van der Waals surface area (Å²) in [7, 11) is -5.79. The number of nitrogens with one attached hydrogen (secondary N) is 2. The number of pyridine rings is 1. The van der Waals surface area contributed by atoms with Gasteiger partial charge in [0.15, 0.2) is 0 Å². The highest BCUT2D eigenvalue weighted by Crippen LogP contribution is 2.19. The summed E-state index contributed by atoms with van der Waals surface area (Å²) in [5, 5.41) is 2.67. The lowest BCUT2D eigenvalue weighted by Crippen LogP contribution is -2.24. The topological polar surface area (TPSA) is 126 Å². The molecule has 31 heavy (non-hydrogen) atoms. The van der Waals surface area contributed by atoms with Crippen molar-refractivity contribution in [2.75, 3.05) is 27.6 Å². The first-order valence-electron chi connectivity index (χ1n) is 8.95. The quantitative estimate of drug-likeness (QED) is 0.558. The first-order valence-corrected chi connectivity index (χ1v) is 12.3. The van der Waals surface area contributed by atoms with E-state index in [2.05, 4.69) is 15.0 Å². The van der Waals surface area contributed by atoms with Crippen molar-refractivity contribution in [3.63, 3.8) is 0 Å². The first kappa shape index (κ1) is 22.2. The van der Waals surface area contributed by atoms with E-state index in [9.17, 15) is 21.6 Å². The van der Waals surface area contributed by atoms with E-state index in [-0.39, 0.29) is 10.7 Å². The average Bonchev–Trinajstić information content (AvgIpc) is 2.73. The molecule has 0 aliphatic rings. The number of benzene rings is 2. The second-order valence-electron chi connectivity index (χ2n) is 6.58. The molecule has 11 heteroatoms. The molecule has 0 unspecified atom stereocenters. The van der Waals surface area contributed by atoms with E-state index >= 15 is 0 Å². The maximum absolute atomic E-state index is 12.4. The number of carbonyl (C=O) groups excluding carboxylic acids is 1. The third-order valence-corrected chi connectivity index (χ3v) is 6.89. The van der Waals surface area contributed by atoms with E-state index in [0.29, 0.717) is 16.9 Å². The highest BCUT2D eigenvalue weighted by atomic mass is 32.2. The van der Waals surface area contributed by atoms with E-state index in [1.165, 1.54) is 67.8 Å². The van der Waals surface area contributed by atoms with E-state index in [4.69, 9.17) is 0 Å². The molecule has 2 aromatic carbocycles. The molecule has 0 aliphatic carbocycles. The third kappa shape index (κ3) is 5.58. The van der Waals surface area contributed by atoms with Crippen LogP contribution >= 0.6 is 0 Å². The molecule has 162 valence electrons. The van der Waals surface area contributed by atoms with Crippen LogP contribution in [-0.4, -0.2) is 41.0 Å². The van der Waals surface area contributed by atoms with Crippen LogP contribution in [0.15, 0.2) is 77.8 Å². The van der Waals surface area contributed by atoms with Crippen molar-refractivity contribution in [1.82, 2.24) is 4.98 Å². The molecular formula is C20H20N4O5S2. The average molecular weight is 461 g/mol. The monoisotopic (exact) mass is 460 g/mol. The number of nitrogens with zero attached hydrogens (tertiary/aromatic N) is 2. The van der Waals surface area contributed by atoms with Crippen LogP contribution in [0.4, 0.5) is 17.2 Å². The third-order valence-electron chi connectivity index (χ3n) is 4.32. The highest BCUT2D eigenvalue weighted by molar-refractivity contribution is 7.92. The second kappa shape index (κ2) is 8.74. The number of anilines is 3. The van der Waals surface area contributed by atoms with Gasteiger partial charge in [-0.1, -0.05) is 6.07 Å². The van der Waals surface area contributed by atoms with Gasteiger partial charge in [-0.25, -0.2) is 21.8 Å². The number of amides is 1. The lowest BCUT2D eigenvalue weighted by Gasteiger charge is -2.16. The minimum atomic E-state index is -3.81. The van der Waals surface area contributed by atoms with Gasteiger partial charge in [-0.15, -0.1) is 0 Å². The molecule has 2 N–H and O–H groups in total. The zero-order chi connectivity index (χ0) is 22.6. The summed E-state index contributed by atoms with van der Waals surface area (Å²) in [6.07, 6.45) is 2.56. The first-order chi connectivity index (χ1) is 14.6. The van der Waals surface area contributed by atoms with Crippen molar-refractivity contribution in [2.24, 2.45) is 0 Å². The van der Waals surface area contributed by atoms with Gasteiger partial charge in [-0.3, -0.25) is 13.8 Å². The Morgan fingerprint density at radius 1 is 0.903 bits per heavy atom. The van der Waals surface area contributed by atoms with E-state index < -0.39 is 26.0 Å². The fraction of sp³-hybridized carbons (Fsp3) is 0.100. The molecule has 0 fully saturated rings. The molecule has 1 heterocycles. The Hall–Kier alpha value is -3.44. The summed E-state index contributed by atoms with van der Waals surface area (Å²) in [6, 6.07) is 16.6. The summed E-state index contributed by atoms with van der Waals surface area (Å²) >= 11 is 0. The van der Waals surface area contributed by atoms with Gasteiger partial charge in [0.25, 0.3) is 15.9 Å². The molecule has 0 saturated heterocycles. The normalized spacial score (nSPS) is 11.5. The standard InChI is InChI=1S/C20H20N4O5S2/c1-24(30(2,26)27)17-10-6-15(7-11-17)20(25)22-16-8-12-18(13-9-16)31(28,29)23-19-5-3-4-14-21-19/h3-14H,1-2H3,(H,21,23)(H,22,25). The Bertz CT molecular complexity index is 1280. The van der Waals surface area contributed by atoms with Crippen molar-refractivity contribution in [3.8, 4) is 0 Å². The van der Waals surface area contributed by atoms with Crippen LogP contribution in [0.1, 0.15) is 10.4 Å². The maximum Gasteiger partial charge on any atom is 0.263 e. The summed E-state index contributed by atoms with van der Waals surface area (Å²) in [6.45, 7) is 0. The van der Waals surface area contributed by atoms with Crippen molar-refractivity contribution in [3.05, 3.63) is 78.5 Å². The zero-order valence-electron chi connectivity index (χ0n) is 16.7. The van der Waals surface area contributed by atoms with Crippen LogP contribution < -0.4 is 14.3 Å². The number of hydrogen-bond acceptors (Lipinski definition) is 6. The number of carbonyl (C=O) groups is 1. The van der Waals surface area contributed by atoms with Crippen LogP contribution in [0.25, 0.3) is 0 Å². The number of hydrogen-bond donors (Lipinski definition) is 2. The summed E-state index contributed by atoms with van der Waals surface area (Å²) in [4.78, 5) is 16.4. The van der Waals surface area contributed by atoms with E-state index in [1.54, 1.807) is 12.1 Å². The summed E-state index contributed by atoms with van der Waals surface area (Å²) in [5.74, 6) is -0.222.